The van der Waals surface area contributed by atoms with Gasteiger partial charge in [0.1, 0.15) is 5.82 Å². The monoisotopic (exact) mass is 371 g/mol. The van der Waals surface area contributed by atoms with Crippen LogP contribution in [0.1, 0.15) is 48.9 Å². The smallest absolute Gasteiger partial charge is 0.137 e. The highest BCUT2D eigenvalue weighted by Gasteiger charge is 2.22. The van der Waals surface area contributed by atoms with E-state index in [0.717, 1.165) is 22.7 Å². The van der Waals surface area contributed by atoms with Gasteiger partial charge in [0, 0.05) is 6.04 Å². The molecule has 0 aliphatic heterocycles. The second-order valence-electron chi connectivity index (χ2n) is 5.20. The van der Waals surface area contributed by atoms with Crippen molar-refractivity contribution in [1.29, 1.82) is 0 Å². The van der Waals surface area contributed by atoms with Crippen molar-refractivity contribution in [2.75, 3.05) is 6.54 Å². The third-order valence-corrected chi connectivity index (χ3v) is 5.05. The predicted octanol–water partition coefficient (Wildman–Crippen LogP) is 4.46. The van der Waals surface area contributed by atoms with Crippen molar-refractivity contribution in [3.05, 3.63) is 44.6 Å². The molecule has 1 aromatic heterocycles. The first kappa shape index (κ1) is 16.5. The number of hydrogen-bond acceptors (Lipinski definition) is 4. The lowest BCUT2D eigenvalue weighted by Gasteiger charge is -2.19. The van der Waals surface area contributed by atoms with E-state index in [-0.39, 0.29) is 11.9 Å². The lowest BCUT2D eigenvalue weighted by atomic mass is 10.00. The van der Waals surface area contributed by atoms with Crippen LogP contribution in [-0.4, -0.2) is 16.1 Å². The summed E-state index contributed by atoms with van der Waals surface area (Å²) >= 11 is 4.76. The Morgan fingerprint density at radius 1 is 1.38 bits per heavy atom. The number of hydrogen-bond donors (Lipinski definition) is 1. The normalized spacial score (nSPS) is 12.9. The van der Waals surface area contributed by atoms with Gasteiger partial charge in [0.2, 0.25) is 0 Å². The molecule has 1 heterocycles. The molecule has 1 aromatic carbocycles. The molecule has 1 unspecified atom stereocenters. The van der Waals surface area contributed by atoms with Gasteiger partial charge in [-0.2, -0.15) is 0 Å². The summed E-state index contributed by atoms with van der Waals surface area (Å²) < 4.78 is 18.3. The number of nitrogens with one attached hydrogen (secondary N) is 1. The van der Waals surface area contributed by atoms with Crippen LogP contribution in [0.5, 0.6) is 0 Å². The van der Waals surface area contributed by atoms with Crippen LogP contribution in [0.15, 0.2) is 22.7 Å². The maximum Gasteiger partial charge on any atom is 0.137 e. The molecule has 1 atom stereocenters. The maximum absolute atomic E-state index is 13.7. The number of nitrogens with zero attached hydrogens (tertiary/aromatic N) is 2. The maximum atomic E-state index is 13.7. The molecule has 2 rings (SSSR count). The van der Waals surface area contributed by atoms with E-state index in [9.17, 15) is 4.39 Å². The van der Waals surface area contributed by atoms with Crippen molar-refractivity contribution in [3.63, 3.8) is 0 Å². The van der Waals surface area contributed by atoms with E-state index in [2.05, 4.69) is 51.6 Å². The Labute approximate surface area is 137 Å². The molecule has 0 bridgehead atoms. The molecule has 0 fully saturated rings. The molecule has 0 spiro atoms. The summed E-state index contributed by atoms with van der Waals surface area (Å²) in [5.41, 5.74) is 1.97. The largest absolute Gasteiger partial charge is 0.309 e. The number of rotatable bonds is 6. The number of benzene rings is 1. The van der Waals surface area contributed by atoms with Crippen molar-refractivity contribution in [1.82, 2.24) is 14.9 Å². The van der Waals surface area contributed by atoms with Crippen LogP contribution < -0.4 is 5.32 Å². The van der Waals surface area contributed by atoms with Crippen molar-refractivity contribution in [3.8, 4) is 0 Å². The minimum absolute atomic E-state index is 0.102. The van der Waals surface area contributed by atoms with E-state index >= 15 is 0 Å². The molecule has 1 N–H and O–H groups in total. The second kappa shape index (κ2) is 7.42. The molecule has 3 nitrogen and oxygen atoms in total. The van der Waals surface area contributed by atoms with Gasteiger partial charge >= 0.3 is 0 Å². The fraction of sp³-hybridized carbons (Fsp3) is 0.467. The molecular weight excluding hydrogens is 353 g/mol. The standard InChI is InChI=1S/C15H19BrFN3S/c1-4-18-12(15-14(9(2)3)19-20-21-15)8-10-6-5-7-11(17)13(10)16/h5-7,9,12,18H,4,8H2,1-3H3. The molecular formula is C15H19BrFN3S. The van der Waals surface area contributed by atoms with Crippen molar-refractivity contribution >= 4 is 27.5 Å². The highest BCUT2D eigenvalue weighted by atomic mass is 79.9. The third kappa shape index (κ3) is 3.87. The highest BCUT2D eigenvalue weighted by molar-refractivity contribution is 9.10. The lowest BCUT2D eigenvalue weighted by molar-refractivity contribution is 0.544. The Hall–Kier alpha value is -0.850. The van der Waals surface area contributed by atoms with E-state index in [0.29, 0.717) is 16.8 Å². The quantitative estimate of drug-likeness (QED) is 0.814. The predicted molar refractivity (Wildman–Crippen MR) is 88.2 cm³/mol. The zero-order valence-corrected chi connectivity index (χ0v) is 14.8. The molecule has 114 valence electrons. The Morgan fingerprint density at radius 3 is 2.81 bits per heavy atom. The van der Waals surface area contributed by atoms with Crippen LogP contribution in [0, 0.1) is 5.82 Å². The summed E-state index contributed by atoms with van der Waals surface area (Å²) in [6.07, 6.45) is 0.704. The Kier molecular flexibility index (Phi) is 5.84. The van der Waals surface area contributed by atoms with Crippen LogP contribution in [-0.2, 0) is 6.42 Å². The summed E-state index contributed by atoms with van der Waals surface area (Å²) in [5, 5.41) is 7.71. The summed E-state index contributed by atoms with van der Waals surface area (Å²) in [7, 11) is 0. The fourth-order valence-electron chi connectivity index (χ4n) is 2.28. The first-order valence-electron chi connectivity index (χ1n) is 7.03. The van der Waals surface area contributed by atoms with Crippen LogP contribution in [0.4, 0.5) is 4.39 Å². The Morgan fingerprint density at radius 2 is 2.14 bits per heavy atom. The number of halogens is 2. The van der Waals surface area contributed by atoms with Gasteiger partial charge in [-0.1, -0.05) is 37.4 Å². The first-order valence-corrected chi connectivity index (χ1v) is 8.59. The minimum atomic E-state index is -0.228. The van der Waals surface area contributed by atoms with E-state index in [4.69, 9.17) is 0 Å². The Balaban J connectivity index is 2.31. The summed E-state index contributed by atoms with van der Waals surface area (Å²) in [5.74, 6) is 0.102. The molecule has 0 amide bonds. The average Bonchev–Trinajstić information content (AvgIpc) is 2.92. The van der Waals surface area contributed by atoms with Crippen molar-refractivity contribution < 1.29 is 4.39 Å². The summed E-state index contributed by atoms with van der Waals surface area (Å²) in [4.78, 5) is 1.14. The van der Waals surface area contributed by atoms with Gasteiger partial charge < -0.3 is 5.32 Å². The second-order valence-corrected chi connectivity index (χ2v) is 6.78. The van der Waals surface area contributed by atoms with E-state index in [1.54, 1.807) is 6.07 Å². The van der Waals surface area contributed by atoms with Crippen molar-refractivity contribution in [2.45, 2.75) is 39.2 Å². The Bertz CT molecular complexity index is 600. The van der Waals surface area contributed by atoms with Gasteiger partial charge in [-0.05, 0) is 58.0 Å². The van der Waals surface area contributed by atoms with Crippen LogP contribution in [0.2, 0.25) is 0 Å². The number of aromatic nitrogens is 2. The zero-order chi connectivity index (χ0) is 15.4. The SMILES string of the molecule is CCNC(Cc1cccc(F)c1Br)c1snnc1C(C)C. The third-order valence-electron chi connectivity index (χ3n) is 3.31. The van der Waals surface area contributed by atoms with Gasteiger partial charge in [-0.15, -0.1) is 5.10 Å². The molecule has 0 radical (unpaired) electrons. The highest BCUT2D eigenvalue weighted by Crippen LogP contribution is 2.31. The van der Waals surface area contributed by atoms with E-state index in [1.807, 2.05) is 6.07 Å². The topological polar surface area (TPSA) is 37.8 Å². The molecule has 0 saturated carbocycles. The molecule has 0 aliphatic rings. The van der Waals surface area contributed by atoms with E-state index in [1.165, 1.54) is 17.6 Å². The van der Waals surface area contributed by atoms with Gasteiger partial charge in [-0.3, -0.25) is 0 Å². The molecule has 0 saturated heterocycles. The van der Waals surface area contributed by atoms with Crippen LogP contribution in [0.25, 0.3) is 0 Å². The minimum Gasteiger partial charge on any atom is -0.309 e. The van der Waals surface area contributed by atoms with Gasteiger partial charge in [0.25, 0.3) is 0 Å². The summed E-state index contributed by atoms with van der Waals surface area (Å²) in [6.45, 7) is 7.13. The van der Waals surface area contributed by atoms with E-state index < -0.39 is 0 Å². The van der Waals surface area contributed by atoms with Crippen LogP contribution >= 0.6 is 27.5 Å². The van der Waals surface area contributed by atoms with Gasteiger partial charge in [0.15, 0.2) is 0 Å². The molecule has 2 aromatic rings. The molecule has 0 aliphatic carbocycles. The molecule has 6 heteroatoms. The van der Waals surface area contributed by atoms with Gasteiger partial charge in [-0.25, -0.2) is 4.39 Å². The zero-order valence-electron chi connectivity index (χ0n) is 12.4. The summed E-state index contributed by atoms with van der Waals surface area (Å²) in [6, 6.07) is 5.25. The van der Waals surface area contributed by atoms with Crippen molar-refractivity contribution in [2.24, 2.45) is 0 Å². The molecule has 21 heavy (non-hydrogen) atoms. The van der Waals surface area contributed by atoms with Crippen LogP contribution in [0.3, 0.4) is 0 Å². The fourth-order valence-corrected chi connectivity index (χ4v) is 3.58. The number of likely N-dealkylation sites (N-methyl/N-ethyl adjacent to an activating group) is 1. The average molecular weight is 372 g/mol. The lowest BCUT2D eigenvalue weighted by Crippen LogP contribution is -2.23. The van der Waals surface area contributed by atoms with Gasteiger partial charge in [0.05, 0.1) is 15.0 Å². The first-order chi connectivity index (χ1) is 10.0.